The summed E-state index contributed by atoms with van der Waals surface area (Å²) in [6.45, 7) is 5.09. The zero-order valence-electron chi connectivity index (χ0n) is 13.3. The minimum Gasteiger partial charge on any atom is -0.363 e. The van der Waals surface area contributed by atoms with Crippen LogP contribution in [0.25, 0.3) is 11.0 Å². The lowest BCUT2D eigenvalue weighted by Crippen LogP contribution is -2.26. The van der Waals surface area contributed by atoms with Crippen molar-refractivity contribution in [1.29, 1.82) is 0 Å². The number of hydrogen-bond acceptors (Lipinski definition) is 2. The van der Waals surface area contributed by atoms with E-state index in [1.54, 1.807) is 0 Å². The lowest BCUT2D eigenvalue weighted by Gasteiger charge is -2.28. The zero-order chi connectivity index (χ0) is 17.5. The van der Waals surface area contributed by atoms with Crippen LogP contribution in [0.1, 0.15) is 31.3 Å². The average molecular weight is 356 g/mol. The lowest BCUT2D eigenvalue weighted by atomic mass is 10.2. The van der Waals surface area contributed by atoms with Crippen molar-refractivity contribution in [3.63, 3.8) is 0 Å². The first-order valence-electron chi connectivity index (χ1n) is 7.68. The summed E-state index contributed by atoms with van der Waals surface area (Å²) in [5.74, 6) is 0.725. The van der Waals surface area contributed by atoms with Crippen LogP contribution in [0.5, 0.6) is 0 Å². The molecule has 0 bridgehead atoms. The van der Waals surface area contributed by atoms with E-state index < -0.39 is 11.7 Å². The van der Waals surface area contributed by atoms with E-state index in [9.17, 15) is 13.2 Å². The summed E-state index contributed by atoms with van der Waals surface area (Å²) in [6, 6.07) is 3.57. The molecule has 0 aliphatic carbocycles. The number of halogens is 4. The van der Waals surface area contributed by atoms with Gasteiger partial charge in [-0.05, 0) is 38.1 Å². The molecule has 1 aliphatic heterocycles. The molecule has 0 radical (unpaired) electrons. The Morgan fingerprint density at radius 3 is 2.71 bits per heavy atom. The smallest absolute Gasteiger partial charge is 0.363 e. The molecule has 2 heterocycles. The monoisotopic (exact) mass is 355 g/mol. The highest BCUT2D eigenvalue weighted by molar-refractivity contribution is 6.31. The van der Waals surface area contributed by atoms with Gasteiger partial charge in [-0.25, -0.2) is 4.98 Å². The van der Waals surface area contributed by atoms with Crippen molar-refractivity contribution in [2.24, 2.45) is 0 Å². The summed E-state index contributed by atoms with van der Waals surface area (Å²) in [7, 11) is 0. The second-order valence-corrected chi connectivity index (χ2v) is 6.14. The Labute approximate surface area is 143 Å². The third-order valence-corrected chi connectivity index (χ3v) is 4.40. The van der Waals surface area contributed by atoms with Crippen LogP contribution < -0.4 is 0 Å². The number of nitrogens with zero attached hydrogens (tertiary/aromatic N) is 3. The molecule has 0 amide bonds. The Morgan fingerprint density at radius 2 is 2.08 bits per heavy atom. The van der Waals surface area contributed by atoms with Crippen molar-refractivity contribution in [3.8, 4) is 0 Å². The van der Waals surface area contributed by atoms with Gasteiger partial charge in [0, 0.05) is 19.3 Å². The fourth-order valence-electron chi connectivity index (χ4n) is 2.93. The molecule has 1 atom stereocenters. The SMILES string of the molecule is CCn1c([C@@H](C)N2C=C(Cl)C=CC2)nc2ccc(C(F)(F)F)cc21. The third kappa shape index (κ3) is 3.02. The molecule has 2 aromatic rings. The Morgan fingerprint density at radius 1 is 1.33 bits per heavy atom. The van der Waals surface area contributed by atoms with Crippen molar-refractivity contribution < 1.29 is 13.2 Å². The van der Waals surface area contributed by atoms with Gasteiger partial charge in [-0.15, -0.1) is 0 Å². The standard InChI is InChI=1S/C17H17ClF3N3/c1-3-24-15-9-12(17(19,20)21)6-7-14(15)22-16(24)11(2)23-8-4-5-13(18)10-23/h4-7,9-11H,3,8H2,1-2H3/t11-/m1/s1. The van der Waals surface area contributed by atoms with Crippen LogP contribution >= 0.6 is 11.6 Å². The van der Waals surface area contributed by atoms with Crippen LogP contribution in [0.3, 0.4) is 0 Å². The number of hydrogen-bond donors (Lipinski definition) is 0. The first kappa shape index (κ1) is 16.9. The number of imidazole rings is 1. The second kappa shape index (κ2) is 6.16. The predicted molar refractivity (Wildman–Crippen MR) is 88.6 cm³/mol. The molecule has 24 heavy (non-hydrogen) atoms. The molecule has 3 rings (SSSR count). The summed E-state index contributed by atoms with van der Waals surface area (Å²) in [5, 5.41) is 0.617. The molecule has 0 unspecified atom stereocenters. The van der Waals surface area contributed by atoms with Crippen LogP contribution in [0.15, 0.2) is 41.6 Å². The first-order valence-corrected chi connectivity index (χ1v) is 8.06. The number of alkyl halides is 3. The van der Waals surface area contributed by atoms with Gasteiger partial charge >= 0.3 is 6.18 Å². The Hall–Kier alpha value is -1.95. The van der Waals surface area contributed by atoms with Gasteiger partial charge in [0.1, 0.15) is 5.82 Å². The quantitative estimate of drug-likeness (QED) is 0.764. The first-order chi connectivity index (χ1) is 11.3. The van der Waals surface area contributed by atoms with Crippen LogP contribution in [0.4, 0.5) is 13.2 Å². The average Bonchev–Trinajstić information content (AvgIpc) is 2.90. The van der Waals surface area contributed by atoms with Crippen molar-refractivity contribution in [2.75, 3.05) is 6.54 Å². The maximum atomic E-state index is 13.0. The highest BCUT2D eigenvalue weighted by atomic mass is 35.5. The van der Waals surface area contributed by atoms with Gasteiger partial charge in [0.15, 0.2) is 0 Å². The number of benzene rings is 1. The van der Waals surface area contributed by atoms with Crippen LogP contribution in [-0.2, 0) is 12.7 Å². The maximum Gasteiger partial charge on any atom is 0.416 e. The highest BCUT2D eigenvalue weighted by Gasteiger charge is 2.31. The molecular weight excluding hydrogens is 339 g/mol. The molecule has 3 nitrogen and oxygen atoms in total. The summed E-state index contributed by atoms with van der Waals surface area (Å²) < 4.78 is 40.8. The normalized spacial score (nSPS) is 16.6. The van der Waals surface area contributed by atoms with Gasteiger partial charge < -0.3 is 9.47 Å². The fourth-order valence-corrected chi connectivity index (χ4v) is 3.14. The van der Waals surface area contributed by atoms with Crippen LogP contribution in [0, 0.1) is 0 Å². The zero-order valence-corrected chi connectivity index (χ0v) is 14.1. The summed E-state index contributed by atoms with van der Waals surface area (Å²) >= 11 is 6.05. The molecule has 1 aromatic carbocycles. The second-order valence-electron chi connectivity index (χ2n) is 5.70. The number of aryl methyl sites for hydroxylation is 1. The van der Waals surface area contributed by atoms with Crippen molar-refractivity contribution >= 4 is 22.6 Å². The molecule has 7 heteroatoms. The molecule has 1 aromatic heterocycles. The molecular formula is C17H17ClF3N3. The van der Waals surface area contributed by atoms with Gasteiger partial charge in [-0.1, -0.05) is 17.7 Å². The third-order valence-electron chi connectivity index (χ3n) is 4.17. The predicted octanol–water partition coefficient (Wildman–Crippen LogP) is 5.09. The van der Waals surface area contributed by atoms with E-state index in [2.05, 4.69) is 4.98 Å². The van der Waals surface area contributed by atoms with Gasteiger partial charge in [0.05, 0.1) is 27.7 Å². The number of aromatic nitrogens is 2. The number of allylic oxidation sites excluding steroid dienone is 2. The van der Waals surface area contributed by atoms with Gasteiger partial charge in [-0.2, -0.15) is 13.2 Å². The van der Waals surface area contributed by atoms with Crippen LogP contribution in [0.2, 0.25) is 0 Å². The molecule has 1 aliphatic rings. The van der Waals surface area contributed by atoms with Crippen molar-refractivity contribution in [2.45, 2.75) is 32.6 Å². The maximum absolute atomic E-state index is 13.0. The molecule has 0 spiro atoms. The molecule has 0 fully saturated rings. The molecule has 128 valence electrons. The minimum absolute atomic E-state index is 0.106. The van der Waals surface area contributed by atoms with Gasteiger partial charge in [0.25, 0.3) is 0 Å². The van der Waals surface area contributed by atoms with E-state index in [1.165, 1.54) is 12.1 Å². The summed E-state index contributed by atoms with van der Waals surface area (Å²) in [4.78, 5) is 6.58. The summed E-state index contributed by atoms with van der Waals surface area (Å²) in [6.07, 6.45) is 1.23. The Kier molecular flexibility index (Phi) is 4.34. The van der Waals surface area contributed by atoms with Crippen molar-refractivity contribution in [3.05, 3.63) is 53.0 Å². The van der Waals surface area contributed by atoms with Gasteiger partial charge in [-0.3, -0.25) is 0 Å². The van der Waals surface area contributed by atoms with E-state index >= 15 is 0 Å². The van der Waals surface area contributed by atoms with Crippen LogP contribution in [-0.4, -0.2) is 21.0 Å². The molecule has 0 saturated heterocycles. The lowest BCUT2D eigenvalue weighted by molar-refractivity contribution is -0.137. The van der Waals surface area contributed by atoms with E-state index in [0.717, 1.165) is 11.9 Å². The Bertz CT molecular complexity index is 820. The highest BCUT2D eigenvalue weighted by Crippen LogP contribution is 2.33. The molecule has 0 saturated carbocycles. The topological polar surface area (TPSA) is 21.1 Å². The molecule has 0 N–H and O–H groups in total. The number of fused-ring (bicyclic) bond motifs is 1. The number of rotatable bonds is 3. The van der Waals surface area contributed by atoms with Crippen molar-refractivity contribution in [1.82, 2.24) is 14.5 Å². The fraction of sp³-hybridized carbons (Fsp3) is 0.353. The largest absolute Gasteiger partial charge is 0.416 e. The van der Waals surface area contributed by atoms with Gasteiger partial charge in [0.2, 0.25) is 0 Å². The van der Waals surface area contributed by atoms with E-state index in [-0.39, 0.29) is 6.04 Å². The summed E-state index contributed by atoms with van der Waals surface area (Å²) in [5.41, 5.74) is 0.402. The van der Waals surface area contributed by atoms with E-state index in [0.29, 0.717) is 29.2 Å². The Balaban J connectivity index is 2.07. The minimum atomic E-state index is -4.36. The van der Waals surface area contributed by atoms with E-state index in [1.807, 2.05) is 41.7 Å². The van der Waals surface area contributed by atoms with E-state index in [4.69, 9.17) is 11.6 Å².